The van der Waals surface area contributed by atoms with Crippen molar-refractivity contribution >= 4 is 51.9 Å². The maximum Gasteiger partial charge on any atom is 0.270 e. The second-order valence-corrected chi connectivity index (χ2v) is 7.59. The number of aromatic carboxylic acids is 1. The van der Waals surface area contributed by atoms with Crippen LogP contribution in [0.25, 0.3) is 6.08 Å². The highest BCUT2D eigenvalue weighted by atomic mass is 32.2. The Hall–Kier alpha value is -2.84. The largest absolute Gasteiger partial charge is 0.545 e. The number of hydrogen-bond donors (Lipinski definition) is 0. The lowest BCUT2D eigenvalue weighted by Crippen LogP contribution is -2.29. The van der Waals surface area contributed by atoms with E-state index in [9.17, 15) is 14.7 Å². The number of methoxy groups -OCH3 is 2. The summed E-state index contributed by atoms with van der Waals surface area (Å²) >= 11 is 6.49. The van der Waals surface area contributed by atoms with Crippen molar-refractivity contribution in [1.29, 1.82) is 0 Å². The lowest BCUT2D eigenvalue weighted by atomic mass is 10.1. The van der Waals surface area contributed by atoms with E-state index >= 15 is 0 Å². The molecule has 0 radical (unpaired) electrons. The Morgan fingerprint density at radius 2 is 1.93 bits per heavy atom. The normalized spacial score (nSPS) is 15.2. The van der Waals surface area contributed by atoms with Gasteiger partial charge < -0.3 is 19.4 Å². The van der Waals surface area contributed by atoms with E-state index in [0.29, 0.717) is 37.5 Å². The van der Waals surface area contributed by atoms with E-state index in [0.717, 1.165) is 11.8 Å². The van der Waals surface area contributed by atoms with Crippen LogP contribution in [0, 0.1) is 6.92 Å². The molecule has 1 heterocycles. The highest BCUT2D eigenvalue weighted by Crippen LogP contribution is 2.38. The smallest absolute Gasteiger partial charge is 0.270 e. The number of benzene rings is 2. The van der Waals surface area contributed by atoms with Gasteiger partial charge in [-0.1, -0.05) is 30.0 Å². The molecule has 0 bridgehead atoms. The number of hydrogen-bond acceptors (Lipinski definition) is 7. The molecule has 8 heteroatoms. The van der Waals surface area contributed by atoms with E-state index in [1.165, 1.54) is 18.1 Å². The molecular formula is C20H16NO5S2-. The molecule has 0 atom stereocenters. The minimum Gasteiger partial charge on any atom is -0.545 e. The van der Waals surface area contributed by atoms with Crippen LogP contribution in [0.3, 0.4) is 0 Å². The van der Waals surface area contributed by atoms with Crippen molar-refractivity contribution in [3.63, 3.8) is 0 Å². The second kappa shape index (κ2) is 8.04. The van der Waals surface area contributed by atoms with Crippen molar-refractivity contribution in [2.45, 2.75) is 6.92 Å². The number of aryl methyl sites for hydroxylation is 1. The standard InChI is InChI=1S/C20H17NO5S2/c1-11-4-6-13(9-15(11)19(23)24)21-18(22)17(28-20(21)27)8-12-5-7-14(25-2)10-16(12)26-3/h4-10H,1-3H3,(H,23,24)/p-1/b17-8-. The zero-order chi connectivity index (χ0) is 20.4. The number of ether oxygens (including phenoxy) is 2. The molecule has 1 saturated heterocycles. The van der Waals surface area contributed by atoms with E-state index < -0.39 is 5.97 Å². The van der Waals surface area contributed by atoms with Gasteiger partial charge in [0.2, 0.25) is 0 Å². The van der Waals surface area contributed by atoms with Gasteiger partial charge in [-0.2, -0.15) is 0 Å². The van der Waals surface area contributed by atoms with Crippen LogP contribution in [0.15, 0.2) is 41.3 Å². The second-order valence-electron chi connectivity index (χ2n) is 5.91. The van der Waals surface area contributed by atoms with Gasteiger partial charge in [0.15, 0.2) is 4.32 Å². The number of carbonyl (C=O) groups excluding carboxylic acids is 2. The number of anilines is 1. The van der Waals surface area contributed by atoms with Gasteiger partial charge in [0, 0.05) is 17.2 Å². The van der Waals surface area contributed by atoms with Crippen molar-refractivity contribution in [3.05, 3.63) is 58.0 Å². The first-order valence-electron chi connectivity index (χ1n) is 8.17. The number of amides is 1. The van der Waals surface area contributed by atoms with Gasteiger partial charge in [0.25, 0.3) is 5.91 Å². The van der Waals surface area contributed by atoms with Crippen molar-refractivity contribution in [3.8, 4) is 11.5 Å². The van der Waals surface area contributed by atoms with Crippen molar-refractivity contribution in [2.75, 3.05) is 19.1 Å². The Bertz CT molecular complexity index is 1020. The number of thioether (sulfide) groups is 1. The van der Waals surface area contributed by atoms with Crippen LogP contribution in [-0.2, 0) is 4.79 Å². The lowest BCUT2D eigenvalue weighted by Gasteiger charge is -2.17. The molecule has 1 fully saturated rings. The van der Waals surface area contributed by atoms with E-state index in [1.54, 1.807) is 50.4 Å². The fourth-order valence-electron chi connectivity index (χ4n) is 2.74. The van der Waals surface area contributed by atoms with Crippen molar-refractivity contribution in [2.24, 2.45) is 0 Å². The number of nitrogens with zero attached hydrogens (tertiary/aromatic N) is 1. The molecule has 3 rings (SSSR count). The Labute approximate surface area is 171 Å². The van der Waals surface area contributed by atoms with Gasteiger partial charge >= 0.3 is 0 Å². The molecule has 1 amide bonds. The molecule has 1 aliphatic heterocycles. The summed E-state index contributed by atoms with van der Waals surface area (Å²) in [6, 6.07) is 9.94. The third-order valence-corrected chi connectivity index (χ3v) is 5.52. The maximum absolute atomic E-state index is 12.9. The van der Waals surface area contributed by atoms with Crippen LogP contribution in [0.5, 0.6) is 11.5 Å². The first-order valence-corrected chi connectivity index (χ1v) is 9.40. The van der Waals surface area contributed by atoms with Crippen LogP contribution in [0.4, 0.5) is 5.69 Å². The molecule has 0 N–H and O–H groups in total. The quantitative estimate of drug-likeness (QED) is 0.550. The fraction of sp³-hybridized carbons (Fsp3) is 0.150. The van der Waals surface area contributed by atoms with Gasteiger partial charge in [0.1, 0.15) is 11.5 Å². The summed E-state index contributed by atoms with van der Waals surface area (Å²) in [4.78, 5) is 25.9. The van der Waals surface area contributed by atoms with Crippen LogP contribution >= 0.6 is 24.0 Å². The molecule has 2 aromatic carbocycles. The summed E-state index contributed by atoms with van der Waals surface area (Å²) in [6.07, 6.45) is 1.69. The third kappa shape index (κ3) is 3.74. The van der Waals surface area contributed by atoms with Crippen LogP contribution in [0.2, 0.25) is 0 Å². The van der Waals surface area contributed by atoms with E-state index in [2.05, 4.69) is 0 Å². The van der Waals surface area contributed by atoms with Crippen molar-refractivity contribution < 1.29 is 24.2 Å². The first kappa shape index (κ1) is 19.9. The molecular weight excluding hydrogens is 398 g/mol. The minimum atomic E-state index is -1.30. The molecule has 28 heavy (non-hydrogen) atoms. The zero-order valence-electron chi connectivity index (χ0n) is 15.3. The van der Waals surface area contributed by atoms with E-state index in [4.69, 9.17) is 21.7 Å². The SMILES string of the molecule is COc1ccc(/C=C2\SC(=S)N(c3ccc(C)c(C(=O)[O-])c3)C2=O)c(OC)c1. The van der Waals surface area contributed by atoms with Gasteiger partial charge in [-0.25, -0.2) is 0 Å². The highest BCUT2D eigenvalue weighted by Gasteiger charge is 2.33. The Morgan fingerprint density at radius 3 is 2.57 bits per heavy atom. The highest BCUT2D eigenvalue weighted by molar-refractivity contribution is 8.27. The molecule has 1 aliphatic rings. The number of rotatable bonds is 5. The zero-order valence-corrected chi connectivity index (χ0v) is 17.0. The molecule has 2 aromatic rings. The number of carbonyl (C=O) groups is 2. The third-order valence-electron chi connectivity index (χ3n) is 4.22. The van der Waals surface area contributed by atoms with Gasteiger partial charge in [-0.05, 0) is 42.8 Å². The van der Waals surface area contributed by atoms with Gasteiger partial charge in [0.05, 0.1) is 30.8 Å². The lowest BCUT2D eigenvalue weighted by molar-refractivity contribution is -0.255. The number of carboxylic acid groups (broad SMARTS) is 1. The van der Waals surface area contributed by atoms with E-state index in [-0.39, 0.29) is 11.5 Å². The number of thiocarbonyl (C=S) groups is 1. The van der Waals surface area contributed by atoms with Gasteiger partial charge in [-0.15, -0.1) is 0 Å². The molecule has 144 valence electrons. The average molecular weight is 414 g/mol. The van der Waals surface area contributed by atoms with Crippen LogP contribution < -0.4 is 19.5 Å². The Balaban J connectivity index is 1.98. The van der Waals surface area contributed by atoms with Crippen molar-refractivity contribution in [1.82, 2.24) is 0 Å². The number of carboxylic acids is 1. The minimum absolute atomic E-state index is 0.0207. The molecule has 0 spiro atoms. The Morgan fingerprint density at radius 1 is 1.18 bits per heavy atom. The predicted octanol–water partition coefficient (Wildman–Crippen LogP) is 2.78. The average Bonchev–Trinajstić information content (AvgIpc) is 2.95. The summed E-state index contributed by atoms with van der Waals surface area (Å²) in [6.45, 7) is 1.66. The van der Waals surface area contributed by atoms with Crippen LogP contribution in [0.1, 0.15) is 21.5 Å². The molecule has 0 saturated carbocycles. The summed E-state index contributed by atoms with van der Waals surface area (Å²) in [5.41, 5.74) is 1.65. The van der Waals surface area contributed by atoms with Gasteiger partial charge in [-0.3, -0.25) is 9.69 Å². The first-order chi connectivity index (χ1) is 13.3. The molecule has 0 unspecified atom stereocenters. The summed E-state index contributed by atoms with van der Waals surface area (Å²) in [7, 11) is 3.09. The maximum atomic E-state index is 12.9. The summed E-state index contributed by atoms with van der Waals surface area (Å²) in [5.74, 6) is -0.445. The topological polar surface area (TPSA) is 78.9 Å². The molecule has 0 aromatic heterocycles. The van der Waals surface area contributed by atoms with E-state index in [1.807, 2.05) is 0 Å². The fourth-order valence-corrected chi connectivity index (χ4v) is 4.03. The monoisotopic (exact) mass is 414 g/mol. The van der Waals surface area contributed by atoms with Crippen LogP contribution in [-0.4, -0.2) is 30.4 Å². The Kier molecular flexibility index (Phi) is 5.71. The summed E-state index contributed by atoms with van der Waals surface area (Å²) < 4.78 is 10.9. The molecule has 6 nitrogen and oxygen atoms in total. The predicted molar refractivity (Wildman–Crippen MR) is 111 cm³/mol. The molecule has 0 aliphatic carbocycles. The summed E-state index contributed by atoms with van der Waals surface area (Å²) in [5, 5.41) is 11.3.